The second-order valence-corrected chi connectivity index (χ2v) is 4.28. The minimum atomic E-state index is -1.04. The standard InChI is InChI=1S/C14H17NO3/c1-3-10(2)6-7-18-13-5-4-11(14(16)17)8-12(13)9-15/h4-5,8,10H,3,6-7H2,1-2H3,(H,16,17). The predicted octanol–water partition coefficient (Wildman–Crippen LogP) is 3.07. The maximum absolute atomic E-state index is 10.8. The molecule has 1 atom stereocenters. The maximum Gasteiger partial charge on any atom is 0.335 e. The number of carboxylic acids is 1. The van der Waals surface area contributed by atoms with Crippen molar-refractivity contribution in [3.63, 3.8) is 0 Å². The average molecular weight is 247 g/mol. The van der Waals surface area contributed by atoms with Gasteiger partial charge in [-0.05, 0) is 30.5 Å². The van der Waals surface area contributed by atoms with Crippen molar-refractivity contribution in [3.8, 4) is 11.8 Å². The molecule has 1 unspecified atom stereocenters. The predicted molar refractivity (Wildman–Crippen MR) is 67.7 cm³/mol. The van der Waals surface area contributed by atoms with Crippen LogP contribution in [0.5, 0.6) is 5.75 Å². The minimum absolute atomic E-state index is 0.0980. The number of rotatable bonds is 6. The van der Waals surface area contributed by atoms with E-state index in [0.29, 0.717) is 18.3 Å². The van der Waals surface area contributed by atoms with Gasteiger partial charge in [0, 0.05) is 0 Å². The molecule has 1 aromatic rings. The molecule has 1 rings (SSSR count). The van der Waals surface area contributed by atoms with Crippen molar-refractivity contribution in [3.05, 3.63) is 29.3 Å². The van der Waals surface area contributed by atoms with Gasteiger partial charge in [-0.15, -0.1) is 0 Å². The van der Waals surface area contributed by atoms with Crippen LogP contribution in [0.15, 0.2) is 18.2 Å². The van der Waals surface area contributed by atoms with E-state index in [4.69, 9.17) is 15.1 Å². The molecule has 0 aliphatic carbocycles. The van der Waals surface area contributed by atoms with Crippen LogP contribution < -0.4 is 4.74 Å². The molecule has 0 saturated carbocycles. The van der Waals surface area contributed by atoms with E-state index in [-0.39, 0.29) is 11.1 Å². The summed E-state index contributed by atoms with van der Waals surface area (Å²) >= 11 is 0. The van der Waals surface area contributed by atoms with Crippen LogP contribution in [0.2, 0.25) is 0 Å². The van der Waals surface area contributed by atoms with E-state index in [2.05, 4.69) is 13.8 Å². The fourth-order valence-corrected chi connectivity index (χ4v) is 1.45. The van der Waals surface area contributed by atoms with Gasteiger partial charge in [0.1, 0.15) is 11.8 Å². The minimum Gasteiger partial charge on any atom is -0.492 e. The number of nitrogens with zero attached hydrogens (tertiary/aromatic N) is 1. The highest BCUT2D eigenvalue weighted by atomic mass is 16.5. The highest BCUT2D eigenvalue weighted by Crippen LogP contribution is 2.20. The average Bonchev–Trinajstić information content (AvgIpc) is 2.38. The van der Waals surface area contributed by atoms with E-state index < -0.39 is 5.97 Å². The highest BCUT2D eigenvalue weighted by molar-refractivity contribution is 5.88. The van der Waals surface area contributed by atoms with E-state index in [0.717, 1.165) is 12.8 Å². The summed E-state index contributed by atoms with van der Waals surface area (Å²) in [7, 11) is 0. The summed E-state index contributed by atoms with van der Waals surface area (Å²) in [5.41, 5.74) is 0.361. The Balaban J connectivity index is 2.72. The van der Waals surface area contributed by atoms with Crippen LogP contribution in [0.25, 0.3) is 0 Å². The van der Waals surface area contributed by atoms with E-state index in [1.807, 2.05) is 6.07 Å². The van der Waals surface area contributed by atoms with E-state index in [9.17, 15) is 4.79 Å². The third-order valence-electron chi connectivity index (χ3n) is 2.91. The molecule has 4 nitrogen and oxygen atoms in total. The monoisotopic (exact) mass is 247 g/mol. The first-order valence-electron chi connectivity index (χ1n) is 5.98. The second-order valence-electron chi connectivity index (χ2n) is 4.28. The summed E-state index contributed by atoms with van der Waals surface area (Å²) < 4.78 is 5.52. The van der Waals surface area contributed by atoms with Crippen molar-refractivity contribution in [2.45, 2.75) is 26.7 Å². The Morgan fingerprint density at radius 2 is 2.28 bits per heavy atom. The number of aromatic carboxylic acids is 1. The molecule has 1 N–H and O–H groups in total. The Morgan fingerprint density at radius 1 is 1.56 bits per heavy atom. The van der Waals surface area contributed by atoms with Crippen LogP contribution in [0.4, 0.5) is 0 Å². The fourth-order valence-electron chi connectivity index (χ4n) is 1.45. The van der Waals surface area contributed by atoms with Crippen LogP contribution >= 0.6 is 0 Å². The Kier molecular flexibility index (Phi) is 5.19. The molecule has 0 aromatic heterocycles. The first kappa shape index (κ1) is 14.0. The zero-order chi connectivity index (χ0) is 13.5. The van der Waals surface area contributed by atoms with Gasteiger partial charge in [-0.1, -0.05) is 20.3 Å². The summed E-state index contributed by atoms with van der Waals surface area (Å²) in [4.78, 5) is 10.8. The smallest absolute Gasteiger partial charge is 0.335 e. The van der Waals surface area contributed by atoms with Crippen molar-refractivity contribution in [1.82, 2.24) is 0 Å². The molecular formula is C14H17NO3. The van der Waals surface area contributed by atoms with Gasteiger partial charge in [-0.3, -0.25) is 0 Å². The molecule has 18 heavy (non-hydrogen) atoms. The number of hydrogen-bond acceptors (Lipinski definition) is 3. The van der Waals surface area contributed by atoms with E-state index in [1.165, 1.54) is 12.1 Å². The zero-order valence-corrected chi connectivity index (χ0v) is 10.6. The third-order valence-corrected chi connectivity index (χ3v) is 2.91. The lowest BCUT2D eigenvalue weighted by atomic mass is 10.1. The number of carboxylic acid groups (broad SMARTS) is 1. The van der Waals surface area contributed by atoms with Crippen molar-refractivity contribution in [2.75, 3.05) is 6.61 Å². The van der Waals surface area contributed by atoms with Crippen molar-refractivity contribution in [1.29, 1.82) is 5.26 Å². The van der Waals surface area contributed by atoms with E-state index in [1.54, 1.807) is 6.07 Å². The van der Waals surface area contributed by atoms with Crippen molar-refractivity contribution < 1.29 is 14.6 Å². The number of carbonyl (C=O) groups is 1. The maximum atomic E-state index is 10.8. The van der Waals surface area contributed by atoms with Crippen molar-refractivity contribution >= 4 is 5.97 Å². The first-order valence-corrected chi connectivity index (χ1v) is 5.98. The Hall–Kier alpha value is -2.02. The van der Waals surface area contributed by atoms with Crippen LogP contribution in [0.3, 0.4) is 0 Å². The van der Waals surface area contributed by atoms with Gasteiger partial charge >= 0.3 is 5.97 Å². The zero-order valence-electron chi connectivity index (χ0n) is 10.6. The van der Waals surface area contributed by atoms with Gasteiger partial charge in [0.25, 0.3) is 0 Å². The van der Waals surface area contributed by atoms with Crippen LogP contribution in [0.1, 0.15) is 42.6 Å². The summed E-state index contributed by atoms with van der Waals surface area (Å²) in [5, 5.41) is 17.8. The molecule has 0 aliphatic heterocycles. The largest absolute Gasteiger partial charge is 0.492 e. The molecule has 0 aliphatic rings. The Bertz CT molecular complexity index is 463. The van der Waals surface area contributed by atoms with Gasteiger partial charge in [-0.2, -0.15) is 5.26 Å². The van der Waals surface area contributed by atoms with Gasteiger partial charge < -0.3 is 9.84 Å². The lowest BCUT2D eigenvalue weighted by Gasteiger charge is -2.11. The third kappa shape index (κ3) is 3.77. The molecular weight excluding hydrogens is 230 g/mol. The van der Waals surface area contributed by atoms with Crippen LogP contribution in [0, 0.1) is 17.2 Å². The quantitative estimate of drug-likeness (QED) is 0.838. The molecule has 0 saturated heterocycles. The molecule has 0 bridgehead atoms. The number of ether oxygens (including phenoxy) is 1. The van der Waals surface area contributed by atoms with Gasteiger partial charge in [0.05, 0.1) is 17.7 Å². The summed E-state index contributed by atoms with van der Waals surface area (Å²) in [6, 6.07) is 6.28. The Labute approximate surface area is 107 Å². The topological polar surface area (TPSA) is 70.3 Å². The normalized spacial score (nSPS) is 11.6. The fraction of sp³-hybridized carbons (Fsp3) is 0.429. The van der Waals surface area contributed by atoms with Crippen LogP contribution in [-0.4, -0.2) is 17.7 Å². The molecule has 0 radical (unpaired) electrons. The number of nitriles is 1. The van der Waals surface area contributed by atoms with Crippen molar-refractivity contribution in [2.24, 2.45) is 5.92 Å². The number of benzene rings is 1. The Morgan fingerprint density at radius 3 is 2.83 bits per heavy atom. The molecule has 0 amide bonds. The summed E-state index contributed by atoms with van der Waals surface area (Å²) in [5.74, 6) is -0.0164. The lowest BCUT2D eigenvalue weighted by molar-refractivity contribution is 0.0697. The summed E-state index contributed by atoms with van der Waals surface area (Å²) in [6.45, 7) is 4.80. The molecule has 1 aromatic carbocycles. The molecule has 0 heterocycles. The molecule has 0 fully saturated rings. The van der Waals surface area contributed by atoms with Gasteiger partial charge in [-0.25, -0.2) is 4.79 Å². The SMILES string of the molecule is CCC(C)CCOc1ccc(C(=O)O)cc1C#N. The second kappa shape index (κ2) is 6.65. The first-order chi connectivity index (χ1) is 8.58. The van der Waals surface area contributed by atoms with Crippen LogP contribution in [-0.2, 0) is 0 Å². The van der Waals surface area contributed by atoms with E-state index >= 15 is 0 Å². The lowest BCUT2D eigenvalue weighted by Crippen LogP contribution is -2.05. The summed E-state index contributed by atoms with van der Waals surface area (Å²) in [6.07, 6.45) is 2.01. The molecule has 4 heteroatoms. The molecule has 0 spiro atoms. The highest BCUT2D eigenvalue weighted by Gasteiger charge is 2.09. The molecule has 96 valence electrons. The van der Waals surface area contributed by atoms with Gasteiger partial charge in [0.15, 0.2) is 0 Å². The van der Waals surface area contributed by atoms with Gasteiger partial charge in [0.2, 0.25) is 0 Å². The number of hydrogen-bond donors (Lipinski definition) is 1.